The number of nitrogens with one attached hydrogen (secondary N) is 1. The Morgan fingerprint density at radius 3 is 2.50 bits per heavy atom. The molecule has 0 spiro atoms. The second kappa shape index (κ2) is 8.24. The zero-order valence-corrected chi connectivity index (χ0v) is 13.3. The van der Waals surface area contributed by atoms with E-state index in [1.165, 1.54) is 6.07 Å². The Labute approximate surface area is 126 Å². The van der Waals surface area contributed by atoms with Crippen molar-refractivity contribution in [1.29, 1.82) is 0 Å². The van der Waals surface area contributed by atoms with Gasteiger partial charge in [0.2, 0.25) is 0 Å². The van der Waals surface area contributed by atoms with Gasteiger partial charge in [-0.15, -0.1) is 12.4 Å². The van der Waals surface area contributed by atoms with E-state index in [1.807, 2.05) is 0 Å². The van der Waals surface area contributed by atoms with Crippen LogP contribution in [0.15, 0.2) is 23.1 Å². The lowest BCUT2D eigenvalue weighted by Gasteiger charge is -2.08. The maximum atomic E-state index is 11.9. The maximum absolute atomic E-state index is 11.9. The third kappa shape index (κ3) is 5.48. The molecule has 0 saturated heterocycles. The minimum absolute atomic E-state index is 0. The van der Waals surface area contributed by atoms with Crippen LogP contribution >= 0.6 is 12.4 Å². The van der Waals surface area contributed by atoms with Crippen LogP contribution in [-0.2, 0) is 9.84 Å². The summed E-state index contributed by atoms with van der Waals surface area (Å²) in [5.74, 6) is -0.262. The fraction of sp³-hybridized carbons (Fsp3) is 0.462. The molecule has 0 aliphatic rings. The first-order valence-electron chi connectivity index (χ1n) is 6.15. The monoisotopic (exact) mass is 320 g/mol. The minimum Gasteiger partial charge on any atom is -0.352 e. The molecule has 1 amide bonds. The van der Waals surface area contributed by atoms with Gasteiger partial charge < -0.3 is 11.1 Å². The van der Waals surface area contributed by atoms with Crippen molar-refractivity contribution in [1.82, 2.24) is 5.32 Å². The van der Waals surface area contributed by atoms with E-state index < -0.39 is 9.84 Å². The van der Waals surface area contributed by atoms with Gasteiger partial charge in [-0.05, 0) is 44.0 Å². The lowest BCUT2D eigenvalue weighted by Crippen LogP contribution is -2.25. The van der Waals surface area contributed by atoms with Crippen LogP contribution in [0.3, 0.4) is 0 Å². The zero-order valence-electron chi connectivity index (χ0n) is 11.7. The molecule has 1 rings (SSSR count). The van der Waals surface area contributed by atoms with Crippen LogP contribution in [-0.4, -0.2) is 33.7 Å². The maximum Gasteiger partial charge on any atom is 0.251 e. The van der Waals surface area contributed by atoms with Gasteiger partial charge >= 0.3 is 0 Å². The molecule has 1 aromatic rings. The highest BCUT2D eigenvalue weighted by atomic mass is 35.5. The largest absolute Gasteiger partial charge is 0.352 e. The first-order valence-corrected chi connectivity index (χ1v) is 8.04. The molecule has 0 aliphatic carbocycles. The van der Waals surface area contributed by atoms with Crippen LogP contribution in [0.2, 0.25) is 0 Å². The summed E-state index contributed by atoms with van der Waals surface area (Å²) in [5.41, 5.74) is 6.36. The molecular formula is C13H21ClN2O3S. The number of aryl methyl sites for hydroxylation is 1. The van der Waals surface area contributed by atoms with Crippen molar-refractivity contribution in [3.63, 3.8) is 0 Å². The van der Waals surface area contributed by atoms with Crippen molar-refractivity contribution in [3.05, 3.63) is 29.3 Å². The van der Waals surface area contributed by atoms with Crippen molar-refractivity contribution < 1.29 is 13.2 Å². The Hall–Kier alpha value is -1.11. The fourth-order valence-corrected chi connectivity index (χ4v) is 2.71. The van der Waals surface area contributed by atoms with Crippen LogP contribution in [0.25, 0.3) is 0 Å². The van der Waals surface area contributed by atoms with Crippen LogP contribution in [0.4, 0.5) is 0 Å². The van der Waals surface area contributed by atoms with Crippen LogP contribution in [0.5, 0.6) is 0 Å². The van der Waals surface area contributed by atoms with Crippen molar-refractivity contribution in [2.45, 2.75) is 24.7 Å². The number of halogens is 1. The van der Waals surface area contributed by atoms with Gasteiger partial charge in [-0.1, -0.05) is 6.07 Å². The van der Waals surface area contributed by atoms with E-state index in [2.05, 4.69) is 5.32 Å². The first-order chi connectivity index (χ1) is 8.86. The minimum atomic E-state index is -3.32. The van der Waals surface area contributed by atoms with E-state index in [0.29, 0.717) is 24.2 Å². The molecule has 20 heavy (non-hydrogen) atoms. The fourth-order valence-electron chi connectivity index (χ4n) is 1.71. The zero-order chi connectivity index (χ0) is 14.5. The number of hydrogen-bond donors (Lipinski definition) is 2. The Kier molecular flexibility index (Phi) is 7.78. The topological polar surface area (TPSA) is 89.3 Å². The first kappa shape index (κ1) is 18.9. The number of carbonyl (C=O) groups is 1. The van der Waals surface area contributed by atoms with Crippen molar-refractivity contribution in [2.75, 3.05) is 19.3 Å². The van der Waals surface area contributed by atoms with E-state index >= 15 is 0 Å². The molecule has 0 atom stereocenters. The molecule has 1 aromatic carbocycles. The molecule has 0 aromatic heterocycles. The van der Waals surface area contributed by atoms with Gasteiger partial charge in [0, 0.05) is 18.4 Å². The summed E-state index contributed by atoms with van der Waals surface area (Å²) in [7, 11) is -3.32. The summed E-state index contributed by atoms with van der Waals surface area (Å²) >= 11 is 0. The second-order valence-electron chi connectivity index (χ2n) is 4.50. The Morgan fingerprint density at radius 2 is 1.95 bits per heavy atom. The standard InChI is InChI=1S/C13H20N2O3S.ClH/c1-10-5-6-11(9-12(10)19(2,17)18)13(16)15-8-4-3-7-14;/h5-6,9H,3-4,7-8,14H2,1-2H3,(H,15,16);1H. The number of benzene rings is 1. The summed E-state index contributed by atoms with van der Waals surface area (Å²) in [6.45, 7) is 2.84. The highest BCUT2D eigenvalue weighted by Gasteiger charge is 2.14. The molecule has 0 heterocycles. The SMILES string of the molecule is Cc1ccc(C(=O)NCCCCN)cc1S(C)(=O)=O.Cl. The van der Waals surface area contributed by atoms with Crippen LogP contribution in [0, 0.1) is 6.92 Å². The molecule has 0 unspecified atom stereocenters. The Morgan fingerprint density at radius 1 is 1.30 bits per heavy atom. The molecule has 0 fully saturated rings. The number of sulfone groups is 1. The highest BCUT2D eigenvalue weighted by molar-refractivity contribution is 7.90. The number of carbonyl (C=O) groups excluding carboxylic acids is 1. The van der Waals surface area contributed by atoms with Gasteiger partial charge in [-0.25, -0.2) is 8.42 Å². The van der Waals surface area contributed by atoms with Gasteiger partial charge in [-0.3, -0.25) is 4.79 Å². The third-order valence-corrected chi connectivity index (χ3v) is 4.01. The van der Waals surface area contributed by atoms with Gasteiger partial charge in [0.25, 0.3) is 5.91 Å². The van der Waals surface area contributed by atoms with Crippen molar-refractivity contribution >= 4 is 28.2 Å². The number of rotatable bonds is 6. The third-order valence-electron chi connectivity index (χ3n) is 2.77. The predicted octanol–water partition coefficient (Wildman–Crippen LogP) is 1.29. The molecule has 3 N–H and O–H groups in total. The summed E-state index contributed by atoms with van der Waals surface area (Å²) in [5, 5.41) is 2.74. The van der Waals surface area contributed by atoms with E-state index in [9.17, 15) is 13.2 Å². The smallest absolute Gasteiger partial charge is 0.251 e. The molecular weight excluding hydrogens is 300 g/mol. The van der Waals surface area contributed by atoms with Crippen LogP contribution < -0.4 is 11.1 Å². The summed E-state index contributed by atoms with van der Waals surface area (Å²) in [4.78, 5) is 12.1. The number of unbranched alkanes of at least 4 members (excludes halogenated alkanes) is 1. The highest BCUT2D eigenvalue weighted by Crippen LogP contribution is 2.16. The quantitative estimate of drug-likeness (QED) is 0.773. The normalized spacial score (nSPS) is 10.8. The molecule has 0 radical (unpaired) electrons. The number of nitrogens with two attached hydrogens (primary N) is 1. The average Bonchev–Trinajstić information content (AvgIpc) is 2.33. The van der Waals surface area contributed by atoms with Gasteiger partial charge in [-0.2, -0.15) is 0 Å². The van der Waals surface area contributed by atoms with Gasteiger partial charge in [0.05, 0.1) is 4.90 Å². The molecule has 5 nitrogen and oxygen atoms in total. The van der Waals surface area contributed by atoms with E-state index in [1.54, 1.807) is 19.1 Å². The molecule has 0 aliphatic heterocycles. The Bertz CT molecular complexity index is 559. The molecule has 0 saturated carbocycles. The molecule has 0 bridgehead atoms. The summed E-state index contributed by atoms with van der Waals surface area (Å²) < 4.78 is 23.2. The lowest BCUT2D eigenvalue weighted by atomic mass is 10.1. The van der Waals surface area contributed by atoms with Crippen molar-refractivity contribution in [2.24, 2.45) is 5.73 Å². The van der Waals surface area contributed by atoms with E-state index in [0.717, 1.165) is 19.1 Å². The predicted molar refractivity (Wildman–Crippen MR) is 82.2 cm³/mol. The Balaban J connectivity index is 0.00000361. The average molecular weight is 321 g/mol. The molecule has 114 valence electrons. The van der Waals surface area contributed by atoms with Crippen molar-refractivity contribution in [3.8, 4) is 0 Å². The summed E-state index contributed by atoms with van der Waals surface area (Å²) in [6, 6.07) is 4.69. The van der Waals surface area contributed by atoms with E-state index in [-0.39, 0.29) is 23.2 Å². The number of hydrogen-bond acceptors (Lipinski definition) is 4. The lowest BCUT2D eigenvalue weighted by molar-refractivity contribution is 0.0953. The van der Waals surface area contributed by atoms with E-state index in [4.69, 9.17) is 5.73 Å². The second-order valence-corrected chi connectivity index (χ2v) is 6.49. The van der Waals surface area contributed by atoms with Crippen LogP contribution in [0.1, 0.15) is 28.8 Å². The van der Waals surface area contributed by atoms with Gasteiger partial charge in [0.1, 0.15) is 0 Å². The number of amides is 1. The summed E-state index contributed by atoms with van der Waals surface area (Å²) in [6.07, 6.45) is 2.80. The van der Waals surface area contributed by atoms with Gasteiger partial charge in [0.15, 0.2) is 9.84 Å². The molecule has 7 heteroatoms.